The van der Waals surface area contributed by atoms with E-state index in [4.69, 9.17) is 23.2 Å². The van der Waals surface area contributed by atoms with E-state index < -0.39 is 6.23 Å². The summed E-state index contributed by atoms with van der Waals surface area (Å²) in [6.45, 7) is 3.85. The van der Waals surface area contributed by atoms with Crippen molar-refractivity contribution in [3.63, 3.8) is 0 Å². The maximum atomic E-state index is 12.4. The van der Waals surface area contributed by atoms with Crippen molar-refractivity contribution in [1.29, 1.82) is 0 Å². The Hall–Kier alpha value is -1.33. The Bertz CT molecular complexity index is 869. The quantitative estimate of drug-likeness (QED) is 0.634. The predicted molar refractivity (Wildman–Crippen MR) is 104 cm³/mol. The van der Waals surface area contributed by atoms with Gasteiger partial charge in [0, 0.05) is 28.6 Å². The average molecular weight is 441 g/mol. The minimum absolute atomic E-state index is 0.104. The average Bonchev–Trinajstić information content (AvgIpc) is 2.79. The third kappa shape index (κ3) is 3.24. The summed E-state index contributed by atoms with van der Waals surface area (Å²) in [5.74, 6) is -0.302. The van der Waals surface area contributed by atoms with Gasteiger partial charge in [0.05, 0.1) is 10.0 Å². The summed E-state index contributed by atoms with van der Waals surface area (Å²) in [5, 5.41) is 11.5. The van der Waals surface area contributed by atoms with Crippen molar-refractivity contribution in [3.8, 4) is 0 Å². The normalized spacial score (nSPS) is 17.6. The summed E-state index contributed by atoms with van der Waals surface area (Å²) in [4.78, 5) is 13.7. The van der Waals surface area contributed by atoms with Gasteiger partial charge < -0.3 is 10.0 Å². The summed E-state index contributed by atoms with van der Waals surface area (Å²) in [6.07, 6.45) is 1.47. The molecule has 130 valence electrons. The molecule has 0 bridgehead atoms. The van der Waals surface area contributed by atoms with Crippen molar-refractivity contribution in [2.24, 2.45) is 0 Å². The molecule has 0 saturated heterocycles. The van der Waals surface area contributed by atoms with Gasteiger partial charge in [0.25, 0.3) is 5.91 Å². The number of rotatable bonds is 4. The molecule has 2 aromatic carbocycles. The molecule has 6 heteroatoms. The van der Waals surface area contributed by atoms with Gasteiger partial charge >= 0.3 is 0 Å². The van der Waals surface area contributed by atoms with Crippen LogP contribution in [0.1, 0.15) is 45.6 Å². The van der Waals surface area contributed by atoms with Gasteiger partial charge in [-0.2, -0.15) is 0 Å². The van der Waals surface area contributed by atoms with Crippen LogP contribution in [0.3, 0.4) is 0 Å². The van der Waals surface area contributed by atoms with Crippen molar-refractivity contribution in [1.82, 2.24) is 4.90 Å². The van der Waals surface area contributed by atoms with E-state index >= 15 is 0 Å². The number of amides is 1. The van der Waals surface area contributed by atoms with E-state index in [9.17, 15) is 9.90 Å². The molecule has 3 nitrogen and oxygen atoms in total. The largest absolute Gasteiger partial charge is 0.369 e. The third-order valence-electron chi connectivity index (χ3n) is 4.48. The molecule has 0 saturated carbocycles. The zero-order chi connectivity index (χ0) is 18.3. The van der Waals surface area contributed by atoms with Crippen molar-refractivity contribution < 1.29 is 9.90 Å². The molecule has 1 N–H and O–H groups in total. The molecule has 0 aliphatic carbocycles. The summed E-state index contributed by atoms with van der Waals surface area (Å²) in [6, 6.07) is 9.15. The molecule has 0 fully saturated rings. The molecular weight excluding hydrogens is 425 g/mol. The van der Waals surface area contributed by atoms with Gasteiger partial charge in [-0.15, -0.1) is 6.58 Å². The number of aliphatic hydroxyl groups is 1. The summed E-state index contributed by atoms with van der Waals surface area (Å²) in [5.41, 5.74) is 2.96. The highest BCUT2D eigenvalue weighted by Gasteiger charge is 2.37. The van der Waals surface area contributed by atoms with Gasteiger partial charge in [-0.25, -0.2) is 0 Å². The lowest BCUT2D eigenvalue weighted by Gasteiger charge is -2.22. The van der Waals surface area contributed by atoms with E-state index in [1.165, 1.54) is 4.90 Å². The van der Waals surface area contributed by atoms with Gasteiger partial charge in [0.1, 0.15) is 0 Å². The molecule has 2 aromatic rings. The molecule has 1 amide bonds. The third-order valence-corrected chi connectivity index (χ3v) is 5.67. The fourth-order valence-corrected chi connectivity index (χ4v) is 4.01. The zero-order valence-electron chi connectivity index (χ0n) is 13.5. The highest BCUT2D eigenvalue weighted by Crippen LogP contribution is 2.42. The van der Waals surface area contributed by atoms with Crippen LogP contribution in [0.2, 0.25) is 10.0 Å². The zero-order valence-corrected chi connectivity index (χ0v) is 16.6. The highest BCUT2D eigenvalue weighted by atomic mass is 79.9. The van der Waals surface area contributed by atoms with Crippen LogP contribution in [0.15, 0.2) is 47.5 Å². The van der Waals surface area contributed by atoms with Gasteiger partial charge in [-0.1, -0.05) is 51.3 Å². The van der Waals surface area contributed by atoms with Crippen LogP contribution >= 0.6 is 39.1 Å². The Morgan fingerprint density at radius 1 is 1.32 bits per heavy atom. The molecule has 2 unspecified atom stereocenters. The summed E-state index contributed by atoms with van der Waals surface area (Å²) in [7, 11) is 1.59. The smallest absolute Gasteiger partial charge is 0.256 e. The van der Waals surface area contributed by atoms with Crippen molar-refractivity contribution in [3.05, 3.63) is 79.8 Å². The molecule has 1 heterocycles. The van der Waals surface area contributed by atoms with E-state index in [1.54, 1.807) is 19.2 Å². The molecule has 25 heavy (non-hydrogen) atoms. The number of allylic oxidation sites excluding steroid dienone is 1. The van der Waals surface area contributed by atoms with Crippen LogP contribution in [0.4, 0.5) is 0 Å². The standard InChI is InChI=1S/C19H16BrCl2NO2/c1-3-4-12(10-5-6-15(21)16(22)7-10)13-8-11(20)9-14-17(13)19(25)23(2)18(14)24/h3,5-9,12,19,25H,1,4H2,2H3. The van der Waals surface area contributed by atoms with E-state index in [0.29, 0.717) is 27.6 Å². The first-order valence-electron chi connectivity index (χ1n) is 7.69. The first-order chi connectivity index (χ1) is 11.8. The minimum atomic E-state index is -0.972. The fourth-order valence-electron chi connectivity index (χ4n) is 3.23. The van der Waals surface area contributed by atoms with Crippen LogP contribution in [-0.2, 0) is 0 Å². The Kier molecular flexibility index (Phi) is 5.26. The molecule has 0 radical (unpaired) electrons. The topological polar surface area (TPSA) is 40.5 Å². The lowest BCUT2D eigenvalue weighted by atomic mass is 9.84. The number of fused-ring (bicyclic) bond motifs is 1. The number of nitrogens with zero attached hydrogens (tertiary/aromatic N) is 1. The highest BCUT2D eigenvalue weighted by molar-refractivity contribution is 9.10. The van der Waals surface area contributed by atoms with Gasteiger partial charge in [-0.3, -0.25) is 4.79 Å². The number of halogens is 3. The number of carbonyl (C=O) groups is 1. The van der Waals surface area contributed by atoms with Crippen molar-refractivity contribution >= 4 is 45.0 Å². The SMILES string of the molecule is C=CCC(c1ccc(Cl)c(Cl)c1)c1cc(Br)cc2c1C(O)N(C)C2=O. The second-order valence-corrected chi connectivity index (χ2v) is 7.73. The van der Waals surface area contributed by atoms with E-state index in [0.717, 1.165) is 15.6 Å². The van der Waals surface area contributed by atoms with Gasteiger partial charge in [-0.05, 0) is 41.8 Å². The second-order valence-electron chi connectivity index (χ2n) is 6.00. The molecule has 0 aromatic heterocycles. The van der Waals surface area contributed by atoms with E-state index in [1.807, 2.05) is 24.3 Å². The first-order valence-corrected chi connectivity index (χ1v) is 9.24. The number of aliphatic hydroxyl groups excluding tert-OH is 1. The Balaban J connectivity index is 2.21. The second kappa shape index (κ2) is 7.12. The van der Waals surface area contributed by atoms with Crippen LogP contribution in [0.25, 0.3) is 0 Å². The molecular formula is C19H16BrCl2NO2. The Morgan fingerprint density at radius 2 is 2.04 bits per heavy atom. The molecule has 0 spiro atoms. The number of hydrogen-bond acceptors (Lipinski definition) is 2. The molecule has 3 rings (SSSR count). The van der Waals surface area contributed by atoms with Crippen LogP contribution in [-0.4, -0.2) is 23.0 Å². The maximum Gasteiger partial charge on any atom is 0.256 e. The lowest BCUT2D eigenvalue weighted by molar-refractivity contribution is 0.0298. The monoisotopic (exact) mass is 439 g/mol. The summed E-state index contributed by atoms with van der Waals surface area (Å²) >= 11 is 15.7. The van der Waals surface area contributed by atoms with E-state index in [-0.39, 0.29) is 11.8 Å². The van der Waals surface area contributed by atoms with Crippen LogP contribution in [0.5, 0.6) is 0 Å². The number of hydrogen-bond donors (Lipinski definition) is 1. The Labute approximate surface area is 165 Å². The van der Waals surface area contributed by atoms with Gasteiger partial charge in [0.2, 0.25) is 0 Å². The van der Waals surface area contributed by atoms with Crippen LogP contribution in [0, 0.1) is 0 Å². The predicted octanol–water partition coefficient (Wildman–Crippen LogP) is 5.54. The number of benzene rings is 2. The lowest BCUT2D eigenvalue weighted by Crippen LogP contribution is -2.22. The fraction of sp³-hybridized carbons (Fsp3) is 0.211. The van der Waals surface area contributed by atoms with Crippen LogP contribution < -0.4 is 0 Å². The van der Waals surface area contributed by atoms with E-state index in [2.05, 4.69) is 22.5 Å². The molecule has 1 aliphatic heterocycles. The van der Waals surface area contributed by atoms with Crippen molar-refractivity contribution in [2.75, 3.05) is 7.05 Å². The molecule has 1 aliphatic rings. The molecule has 2 atom stereocenters. The first kappa shape index (κ1) is 18.5. The Morgan fingerprint density at radius 3 is 2.68 bits per heavy atom. The maximum absolute atomic E-state index is 12.4. The van der Waals surface area contributed by atoms with Crippen molar-refractivity contribution in [2.45, 2.75) is 18.6 Å². The van der Waals surface area contributed by atoms with Gasteiger partial charge in [0.15, 0.2) is 6.23 Å². The minimum Gasteiger partial charge on any atom is -0.369 e. The summed E-state index contributed by atoms with van der Waals surface area (Å²) < 4.78 is 0.784. The number of carbonyl (C=O) groups excluding carboxylic acids is 1.